The fraction of sp³-hybridized carbons (Fsp3) is 0.176. The van der Waals surface area contributed by atoms with Crippen LogP contribution in [0.5, 0.6) is 0 Å². The van der Waals surface area contributed by atoms with Crippen molar-refractivity contribution in [2.45, 2.75) is 23.8 Å². The predicted octanol–water partition coefficient (Wildman–Crippen LogP) is 2.84. The summed E-state index contributed by atoms with van der Waals surface area (Å²) in [6.45, 7) is 0. The molecule has 7 nitrogen and oxygen atoms in total. The first-order valence-electron chi connectivity index (χ1n) is 7.73. The fourth-order valence-corrected chi connectivity index (χ4v) is 3.82. The highest BCUT2D eigenvalue weighted by molar-refractivity contribution is 9.10. The summed E-state index contributed by atoms with van der Waals surface area (Å²) in [5, 5.41) is 12.0. The second kappa shape index (κ2) is 7.08. The molecule has 3 N–H and O–H groups in total. The summed E-state index contributed by atoms with van der Waals surface area (Å²) in [5.74, 6) is -1.61. The van der Waals surface area contributed by atoms with Gasteiger partial charge in [-0.1, -0.05) is 12.1 Å². The van der Waals surface area contributed by atoms with Gasteiger partial charge < -0.3 is 10.4 Å². The Balaban J connectivity index is 1.92. The molecule has 9 heteroatoms. The minimum Gasteiger partial charge on any atom is -0.478 e. The molecule has 1 fully saturated rings. The van der Waals surface area contributed by atoms with Crippen molar-refractivity contribution in [3.8, 4) is 0 Å². The van der Waals surface area contributed by atoms with Crippen LogP contribution in [0.25, 0.3) is 0 Å². The molecular weight excluding hydrogens is 424 g/mol. The van der Waals surface area contributed by atoms with Gasteiger partial charge in [0.2, 0.25) is 0 Å². The number of carbonyl (C=O) groups is 2. The van der Waals surface area contributed by atoms with Gasteiger partial charge in [-0.15, -0.1) is 0 Å². The molecule has 0 aromatic heterocycles. The van der Waals surface area contributed by atoms with Crippen molar-refractivity contribution in [1.29, 1.82) is 0 Å². The topological polar surface area (TPSA) is 113 Å². The second-order valence-electron chi connectivity index (χ2n) is 5.85. The fourth-order valence-electron chi connectivity index (χ4n) is 2.30. The lowest BCUT2D eigenvalue weighted by atomic mass is 10.1. The van der Waals surface area contributed by atoms with Gasteiger partial charge in [-0.25, -0.2) is 13.2 Å². The van der Waals surface area contributed by atoms with Crippen molar-refractivity contribution in [1.82, 2.24) is 5.32 Å². The van der Waals surface area contributed by atoms with E-state index in [2.05, 4.69) is 26.0 Å². The van der Waals surface area contributed by atoms with E-state index in [1.54, 1.807) is 12.1 Å². The maximum Gasteiger partial charge on any atom is 0.336 e. The van der Waals surface area contributed by atoms with E-state index in [0.29, 0.717) is 0 Å². The Morgan fingerprint density at radius 1 is 1.08 bits per heavy atom. The monoisotopic (exact) mass is 438 g/mol. The summed E-state index contributed by atoms with van der Waals surface area (Å²) in [7, 11) is -4.07. The molecule has 2 aromatic carbocycles. The van der Waals surface area contributed by atoms with E-state index in [4.69, 9.17) is 5.11 Å². The van der Waals surface area contributed by atoms with Crippen LogP contribution in [0.15, 0.2) is 51.8 Å². The lowest BCUT2D eigenvalue weighted by Gasteiger charge is -2.13. The molecule has 1 saturated carbocycles. The number of nitrogens with one attached hydrogen (secondary N) is 2. The maximum atomic E-state index is 12.6. The van der Waals surface area contributed by atoms with Gasteiger partial charge in [0.1, 0.15) is 0 Å². The maximum absolute atomic E-state index is 12.6. The van der Waals surface area contributed by atoms with Crippen LogP contribution in [0.1, 0.15) is 33.6 Å². The minimum atomic E-state index is -4.07. The molecule has 26 heavy (non-hydrogen) atoms. The van der Waals surface area contributed by atoms with Crippen molar-refractivity contribution < 1.29 is 23.1 Å². The van der Waals surface area contributed by atoms with E-state index < -0.39 is 16.0 Å². The van der Waals surface area contributed by atoms with Crippen molar-refractivity contribution in [2.24, 2.45) is 0 Å². The molecule has 1 aliphatic carbocycles. The molecule has 0 heterocycles. The van der Waals surface area contributed by atoms with Crippen molar-refractivity contribution in [3.05, 3.63) is 58.1 Å². The second-order valence-corrected chi connectivity index (χ2v) is 8.38. The molecule has 136 valence electrons. The Bertz CT molecular complexity index is 986. The number of para-hydroxylation sites is 1. The molecule has 0 atom stereocenters. The largest absolute Gasteiger partial charge is 0.478 e. The average Bonchev–Trinajstić information content (AvgIpc) is 3.38. The normalized spacial score (nSPS) is 13.9. The number of amides is 1. The van der Waals surface area contributed by atoms with Crippen LogP contribution in [-0.4, -0.2) is 31.4 Å². The number of hydrogen-bond acceptors (Lipinski definition) is 4. The molecule has 3 rings (SSSR count). The highest BCUT2D eigenvalue weighted by Crippen LogP contribution is 2.25. The number of carboxylic acids is 1. The average molecular weight is 439 g/mol. The van der Waals surface area contributed by atoms with Crippen LogP contribution in [0.2, 0.25) is 0 Å². The number of anilines is 1. The van der Waals surface area contributed by atoms with Gasteiger partial charge in [-0.3, -0.25) is 9.52 Å². The zero-order valence-corrected chi connectivity index (χ0v) is 15.8. The number of halogens is 1. The SMILES string of the molecule is O=C(O)c1cc(S(=O)(=O)Nc2ccccc2C(=O)NC2CC2)ccc1Br. The van der Waals surface area contributed by atoms with Crippen LogP contribution in [0, 0.1) is 0 Å². The highest BCUT2D eigenvalue weighted by Gasteiger charge is 2.26. The molecule has 0 bridgehead atoms. The van der Waals surface area contributed by atoms with Gasteiger partial charge in [0.15, 0.2) is 0 Å². The van der Waals surface area contributed by atoms with Crippen molar-refractivity contribution in [3.63, 3.8) is 0 Å². The van der Waals surface area contributed by atoms with E-state index >= 15 is 0 Å². The first-order chi connectivity index (χ1) is 12.3. The number of benzene rings is 2. The van der Waals surface area contributed by atoms with Gasteiger partial charge in [-0.2, -0.15) is 0 Å². The van der Waals surface area contributed by atoms with Gasteiger partial charge in [-0.05, 0) is 59.1 Å². The molecule has 1 amide bonds. The lowest BCUT2D eigenvalue weighted by molar-refractivity contribution is 0.0695. The smallest absolute Gasteiger partial charge is 0.336 e. The molecule has 1 aliphatic rings. The first-order valence-corrected chi connectivity index (χ1v) is 10.0. The van der Waals surface area contributed by atoms with Crippen molar-refractivity contribution >= 4 is 43.5 Å². The zero-order chi connectivity index (χ0) is 18.9. The third-order valence-corrected chi connectivity index (χ3v) is 5.86. The Morgan fingerprint density at radius 3 is 2.42 bits per heavy atom. The number of aromatic carboxylic acids is 1. The first kappa shape index (κ1) is 18.4. The molecular formula is C17H15BrN2O5S. The standard InChI is InChI=1S/C17H15BrN2O5S/c18-14-8-7-11(9-13(14)17(22)23)26(24,25)20-15-4-2-1-3-12(15)16(21)19-10-5-6-10/h1-4,7-10,20H,5-6H2,(H,19,21)(H,22,23). The summed E-state index contributed by atoms with van der Waals surface area (Å²) in [6.07, 6.45) is 1.83. The van der Waals surface area contributed by atoms with E-state index in [-0.39, 0.29) is 38.1 Å². The summed E-state index contributed by atoms with van der Waals surface area (Å²) in [5.41, 5.74) is 0.164. The summed E-state index contributed by atoms with van der Waals surface area (Å²) in [6, 6.07) is 10.1. The molecule has 2 aromatic rings. The number of rotatable bonds is 6. The summed E-state index contributed by atoms with van der Waals surface area (Å²) in [4.78, 5) is 23.3. The van der Waals surface area contributed by atoms with Gasteiger partial charge >= 0.3 is 5.97 Å². The number of sulfonamides is 1. The van der Waals surface area contributed by atoms with Crippen LogP contribution in [-0.2, 0) is 10.0 Å². The lowest BCUT2D eigenvalue weighted by Crippen LogP contribution is -2.27. The van der Waals surface area contributed by atoms with Crippen LogP contribution >= 0.6 is 15.9 Å². The zero-order valence-electron chi connectivity index (χ0n) is 13.4. The van der Waals surface area contributed by atoms with Crippen LogP contribution < -0.4 is 10.0 Å². The third-order valence-electron chi connectivity index (χ3n) is 3.81. The number of carbonyl (C=O) groups excluding carboxylic acids is 1. The van der Waals surface area contributed by atoms with E-state index in [9.17, 15) is 18.0 Å². The molecule has 0 spiro atoms. The molecule has 0 unspecified atom stereocenters. The summed E-state index contributed by atoms with van der Waals surface area (Å²) < 4.78 is 27.9. The van der Waals surface area contributed by atoms with E-state index in [1.165, 1.54) is 24.3 Å². The quantitative estimate of drug-likeness (QED) is 0.641. The Labute approximate surface area is 158 Å². The molecule has 0 radical (unpaired) electrons. The van der Waals surface area contributed by atoms with Crippen LogP contribution in [0.3, 0.4) is 0 Å². The molecule has 0 aliphatic heterocycles. The predicted molar refractivity (Wildman–Crippen MR) is 98.8 cm³/mol. The van der Waals surface area contributed by atoms with Crippen molar-refractivity contribution in [2.75, 3.05) is 4.72 Å². The van der Waals surface area contributed by atoms with Gasteiger partial charge in [0.25, 0.3) is 15.9 Å². The van der Waals surface area contributed by atoms with Gasteiger partial charge in [0.05, 0.1) is 21.7 Å². The molecule has 0 saturated heterocycles. The Kier molecular flexibility index (Phi) is 5.01. The Hall–Kier alpha value is -2.39. The Morgan fingerprint density at radius 2 is 1.77 bits per heavy atom. The number of carboxylic acid groups (broad SMARTS) is 1. The van der Waals surface area contributed by atoms with E-state index in [1.807, 2.05) is 0 Å². The third kappa shape index (κ3) is 4.05. The minimum absolute atomic E-state index is 0.130. The number of hydrogen-bond donors (Lipinski definition) is 3. The van der Waals surface area contributed by atoms with E-state index in [0.717, 1.165) is 18.9 Å². The van der Waals surface area contributed by atoms with Gasteiger partial charge in [0, 0.05) is 10.5 Å². The highest BCUT2D eigenvalue weighted by atomic mass is 79.9. The summed E-state index contributed by atoms with van der Waals surface area (Å²) >= 11 is 3.08. The van der Waals surface area contributed by atoms with Crippen LogP contribution in [0.4, 0.5) is 5.69 Å².